The van der Waals surface area contributed by atoms with Crippen LogP contribution in [0.3, 0.4) is 0 Å². The number of hydrogen-bond acceptors (Lipinski definition) is 1. The molecule has 2 unspecified atom stereocenters. The first-order valence-electron chi connectivity index (χ1n) is 7.74. The van der Waals surface area contributed by atoms with Gasteiger partial charge in [-0.2, -0.15) is 0 Å². The van der Waals surface area contributed by atoms with E-state index in [1.54, 1.807) is 0 Å². The highest BCUT2D eigenvalue weighted by Crippen LogP contribution is 2.15. The maximum absolute atomic E-state index is 12.2. The molecular formula is C17H26N2O. The van der Waals surface area contributed by atoms with Gasteiger partial charge >= 0.3 is 6.03 Å². The largest absolute Gasteiger partial charge is 0.336 e. The van der Waals surface area contributed by atoms with Crippen LogP contribution in [0, 0.1) is 5.92 Å². The van der Waals surface area contributed by atoms with Crippen molar-refractivity contribution in [1.82, 2.24) is 10.2 Å². The zero-order valence-electron chi connectivity index (χ0n) is 12.6. The maximum atomic E-state index is 12.2. The summed E-state index contributed by atoms with van der Waals surface area (Å²) in [6, 6.07) is 10.8. The van der Waals surface area contributed by atoms with Crippen LogP contribution in [-0.4, -0.2) is 30.1 Å². The average molecular weight is 274 g/mol. The molecule has 1 fully saturated rings. The van der Waals surface area contributed by atoms with Gasteiger partial charge in [-0.3, -0.25) is 0 Å². The Hall–Kier alpha value is -1.51. The van der Waals surface area contributed by atoms with Crippen LogP contribution in [0.4, 0.5) is 4.79 Å². The lowest BCUT2D eigenvalue weighted by molar-refractivity contribution is 0.166. The van der Waals surface area contributed by atoms with E-state index >= 15 is 0 Å². The van der Waals surface area contributed by atoms with Crippen molar-refractivity contribution in [3.8, 4) is 0 Å². The highest BCUT2D eigenvalue weighted by Gasteiger charge is 2.21. The molecule has 0 spiro atoms. The standard InChI is InChI=1S/C17H26N2O/c1-14-7-6-12-19(13-14)17(20)18-15(2)10-11-16-8-4-3-5-9-16/h3-5,8-9,14-15H,6-7,10-13H2,1-2H3,(H,18,20). The normalized spacial score (nSPS) is 20.5. The Morgan fingerprint density at radius 1 is 1.40 bits per heavy atom. The van der Waals surface area contributed by atoms with Crippen molar-refractivity contribution < 1.29 is 4.79 Å². The van der Waals surface area contributed by atoms with Gasteiger partial charge in [0.2, 0.25) is 0 Å². The number of urea groups is 1. The SMILES string of the molecule is CC1CCCN(C(=O)NC(C)CCc2ccccc2)C1. The molecule has 0 radical (unpaired) electrons. The molecule has 1 aliphatic heterocycles. The lowest BCUT2D eigenvalue weighted by atomic mass is 10.0. The average Bonchev–Trinajstić information content (AvgIpc) is 2.46. The number of piperidine rings is 1. The van der Waals surface area contributed by atoms with Crippen LogP contribution < -0.4 is 5.32 Å². The first-order chi connectivity index (χ1) is 9.65. The zero-order valence-corrected chi connectivity index (χ0v) is 12.6. The molecule has 3 nitrogen and oxygen atoms in total. The van der Waals surface area contributed by atoms with Gasteiger partial charge in [-0.25, -0.2) is 4.79 Å². The maximum Gasteiger partial charge on any atom is 0.317 e. The fourth-order valence-electron chi connectivity index (χ4n) is 2.78. The van der Waals surface area contributed by atoms with E-state index in [0.717, 1.165) is 32.4 Å². The van der Waals surface area contributed by atoms with E-state index in [-0.39, 0.29) is 12.1 Å². The van der Waals surface area contributed by atoms with E-state index in [1.807, 2.05) is 11.0 Å². The molecule has 0 aromatic heterocycles. The van der Waals surface area contributed by atoms with Gasteiger partial charge in [0.15, 0.2) is 0 Å². The third-order valence-electron chi connectivity index (χ3n) is 4.02. The van der Waals surface area contributed by atoms with E-state index in [1.165, 1.54) is 12.0 Å². The molecule has 1 saturated heterocycles. The van der Waals surface area contributed by atoms with Gasteiger partial charge in [-0.1, -0.05) is 37.3 Å². The third-order valence-corrected chi connectivity index (χ3v) is 4.02. The van der Waals surface area contributed by atoms with E-state index < -0.39 is 0 Å². The molecule has 1 aliphatic rings. The number of benzene rings is 1. The van der Waals surface area contributed by atoms with Crippen LogP contribution in [-0.2, 0) is 6.42 Å². The number of rotatable bonds is 4. The van der Waals surface area contributed by atoms with Crippen LogP contribution in [0.2, 0.25) is 0 Å². The molecule has 1 N–H and O–H groups in total. The molecule has 1 aromatic rings. The summed E-state index contributed by atoms with van der Waals surface area (Å²) in [6.07, 6.45) is 4.37. The molecule has 2 atom stereocenters. The molecule has 3 heteroatoms. The molecule has 2 amide bonds. The number of amides is 2. The summed E-state index contributed by atoms with van der Waals surface area (Å²) in [6.45, 7) is 6.12. The molecule has 20 heavy (non-hydrogen) atoms. The third kappa shape index (κ3) is 4.55. The van der Waals surface area contributed by atoms with Crippen molar-refractivity contribution in [2.24, 2.45) is 5.92 Å². The van der Waals surface area contributed by atoms with E-state index in [0.29, 0.717) is 5.92 Å². The van der Waals surface area contributed by atoms with Crippen molar-refractivity contribution in [3.63, 3.8) is 0 Å². The molecule has 110 valence electrons. The fourth-order valence-corrected chi connectivity index (χ4v) is 2.78. The van der Waals surface area contributed by atoms with Crippen molar-refractivity contribution in [2.75, 3.05) is 13.1 Å². The predicted octanol–water partition coefficient (Wildman–Crippen LogP) is 3.45. The summed E-state index contributed by atoms with van der Waals surface area (Å²) in [4.78, 5) is 14.1. The summed E-state index contributed by atoms with van der Waals surface area (Å²) in [7, 11) is 0. The van der Waals surface area contributed by atoms with Crippen LogP contribution in [0.1, 0.15) is 38.7 Å². The highest BCUT2D eigenvalue weighted by atomic mass is 16.2. The Bertz CT molecular complexity index is 418. The molecular weight excluding hydrogens is 248 g/mol. The molecule has 0 saturated carbocycles. The van der Waals surface area contributed by atoms with Crippen molar-refractivity contribution in [1.29, 1.82) is 0 Å². The van der Waals surface area contributed by atoms with E-state index in [2.05, 4.69) is 43.4 Å². The van der Waals surface area contributed by atoms with Gasteiger partial charge in [0.1, 0.15) is 0 Å². The summed E-state index contributed by atoms with van der Waals surface area (Å²) < 4.78 is 0. The Morgan fingerprint density at radius 2 is 2.15 bits per heavy atom. The number of aryl methyl sites for hydroxylation is 1. The first kappa shape index (κ1) is 14.9. The van der Waals surface area contributed by atoms with E-state index in [9.17, 15) is 4.79 Å². The van der Waals surface area contributed by atoms with Gasteiger partial charge < -0.3 is 10.2 Å². The van der Waals surface area contributed by atoms with Crippen molar-refractivity contribution >= 4 is 6.03 Å². The summed E-state index contributed by atoms with van der Waals surface area (Å²) in [5, 5.41) is 3.13. The Balaban J connectivity index is 1.73. The topological polar surface area (TPSA) is 32.3 Å². The lowest BCUT2D eigenvalue weighted by Crippen LogP contribution is -2.47. The number of nitrogens with zero attached hydrogens (tertiary/aromatic N) is 1. The monoisotopic (exact) mass is 274 g/mol. The van der Waals surface area contributed by atoms with Crippen LogP contribution >= 0.6 is 0 Å². The number of nitrogens with one attached hydrogen (secondary N) is 1. The summed E-state index contributed by atoms with van der Waals surface area (Å²) >= 11 is 0. The van der Waals surface area contributed by atoms with Gasteiger partial charge in [0, 0.05) is 19.1 Å². The van der Waals surface area contributed by atoms with Gasteiger partial charge in [0.25, 0.3) is 0 Å². The van der Waals surface area contributed by atoms with Crippen LogP contribution in [0.5, 0.6) is 0 Å². The second-order valence-corrected chi connectivity index (χ2v) is 6.07. The van der Waals surface area contributed by atoms with Crippen molar-refractivity contribution in [2.45, 2.75) is 45.6 Å². The Kier molecular flexibility index (Phi) is 5.45. The number of likely N-dealkylation sites (tertiary alicyclic amines) is 1. The lowest BCUT2D eigenvalue weighted by Gasteiger charge is -2.32. The smallest absolute Gasteiger partial charge is 0.317 e. The molecule has 2 rings (SSSR count). The van der Waals surface area contributed by atoms with E-state index in [4.69, 9.17) is 0 Å². The molecule has 0 bridgehead atoms. The molecule has 0 aliphatic carbocycles. The first-order valence-corrected chi connectivity index (χ1v) is 7.74. The summed E-state index contributed by atoms with van der Waals surface area (Å²) in [5.41, 5.74) is 1.33. The number of carbonyl (C=O) groups excluding carboxylic acids is 1. The minimum absolute atomic E-state index is 0.108. The zero-order chi connectivity index (χ0) is 14.4. The molecule has 1 heterocycles. The number of hydrogen-bond donors (Lipinski definition) is 1. The van der Waals surface area contributed by atoms with Gasteiger partial charge in [-0.15, -0.1) is 0 Å². The summed E-state index contributed by atoms with van der Waals surface area (Å²) in [5.74, 6) is 0.633. The van der Waals surface area contributed by atoms with Gasteiger partial charge in [-0.05, 0) is 44.1 Å². The second kappa shape index (κ2) is 7.32. The number of carbonyl (C=O) groups is 1. The Morgan fingerprint density at radius 3 is 2.85 bits per heavy atom. The molecule has 1 aromatic carbocycles. The minimum Gasteiger partial charge on any atom is -0.336 e. The Labute approximate surface area is 122 Å². The minimum atomic E-state index is 0.108. The quantitative estimate of drug-likeness (QED) is 0.896. The highest BCUT2D eigenvalue weighted by molar-refractivity contribution is 5.74. The van der Waals surface area contributed by atoms with Crippen LogP contribution in [0.15, 0.2) is 30.3 Å². The van der Waals surface area contributed by atoms with Crippen molar-refractivity contribution in [3.05, 3.63) is 35.9 Å². The predicted molar refractivity (Wildman–Crippen MR) is 82.7 cm³/mol. The fraction of sp³-hybridized carbons (Fsp3) is 0.588. The van der Waals surface area contributed by atoms with Crippen LogP contribution in [0.25, 0.3) is 0 Å². The second-order valence-electron chi connectivity index (χ2n) is 6.07. The van der Waals surface area contributed by atoms with Gasteiger partial charge in [0.05, 0.1) is 0 Å².